The third kappa shape index (κ3) is 2.54. The molecule has 0 spiro atoms. The molecular weight excluding hydrogens is 288 g/mol. The highest BCUT2D eigenvalue weighted by Gasteiger charge is 2.34. The van der Waals surface area contributed by atoms with Crippen molar-refractivity contribution in [1.82, 2.24) is 9.62 Å². The van der Waals surface area contributed by atoms with Crippen molar-refractivity contribution in [1.29, 1.82) is 0 Å². The first kappa shape index (κ1) is 14.5. The fraction of sp³-hybridized carbons (Fsp3) is 0.455. The summed E-state index contributed by atoms with van der Waals surface area (Å²) in [5, 5.41) is 8.78. The van der Waals surface area contributed by atoms with Crippen molar-refractivity contribution in [3.63, 3.8) is 0 Å². The van der Waals surface area contributed by atoms with E-state index in [1.54, 1.807) is 7.05 Å². The molecule has 110 valence electrons. The Morgan fingerprint density at radius 3 is 2.65 bits per heavy atom. The average Bonchev–Trinajstić information content (AvgIpc) is 2.87. The molecule has 1 amide bonds. The number of carboxylic acids is 1. The maximum absolute atomic E-state index is 12.2. The topological polar surface area (TPSA) is 117 Å². The summed E-state index contributed by atoms with van der Waals surface area (Å²) in [5.74, 6) is -2.16. The van der Waals surface area contributed by atoms with Crippen molar-refractivity contribution < 1.29 is 27.5 Å². The van der Waals surface area contributed by atoms with E-state index >= 15 is 0 Å². The number of likely N-dealkylation sites (tertiary alicyclic amines) is 1. The molecule has 8 nitrogen and oxygen atoms in total. The molecule has 1 saturated heterocycles. The second kappa shape index (κ2) is 4.91. The molecule has 2 heterocycles. The van der Waals surface area contributed by atoms with Gasteiger partial charge in [0.25, 0.3) is 0 Å². The van der Waals surface area contributed by atoms with Crippen LogP contribution in [0.25, 0.3) is 0 Å². The van der Waals surface area contributed by atoms with Crippen molar-refractivity contribution in [2.45, 2.75) is 24.3 Å². The summed E-state index contributed by atoms with van der Waals surface area (Å²) >= 11 is 0. The van der Waals surface area contributed by atoms with Crippen LogP contribution in [0, 0.1) is 6.92 Å². The molecule has 2 rings (SSSR count). The van der Waals surface area contributed by atoms with Crippen molar-refractivity contribution in [2.24, 2.45) is 0 Å². The first-order valence-electron chi connectivity index (χ1n) is 5.83. The van der Waals surface area contributed by atoms with Gasteiger partial charge in [0.15, 0.2) is 0 Å². The molecule has 20 heavy (non-hydrogen) atoms. The van der Waals surface area contributed by atoms with Crippen LogP contribution >= 0.6 is 0 Å². The number of furan rings is 1. The number of carbonyl (C=O) groups excluding carboxylic acids is 1. The van der Waals surface area contributed by atoms with Crippen molar-refractivity contribution in [2.75, 3.05) is 13.6 Å². The number of likely N-dealkylation sites (N-methyl/N-ethyl adjacent to an activating group) is 1. The Labute approximate surface area is 115 Å². The SMILES string of the molecule is Cc1oc(C(=O)O)cc1S(=O)(=O)NC1CCN(C)C1=O. The summed E-state index contributed by atoms with van der Waals surface area (Å²) in [6.45, 7) is 1.82. The molecule has 0 aromatic carbocycles. The van der Waals surface area contributed by atoms with E-state index < -0.39 is 27.8 Å². The third-order valence-corrected chi connectivity index (χ3v) is 4.68. The molecule has 1 aliphatic rings. The van der Waals surface area contributed by atoms with E-state index in [-0.39, 0.29) is 16.6 Å². The monoisotopic (exact) mass is 302 g/mol. The first-order valence-corrected chi connectivity index (χ1v) is 7.31. The summed E-state index contributed by atoms with van der Waals surface area (Å²) in [6, 6.07) is 0.107. The van der Waals surface area contributed by atoms with Gasteiger partial charge in [-0.15, -0.1) is 0 Å². The number of carbonyl (C=O) groups is 2. The smallest absolute Gasteiger partial charge is 0.371 e. The van der Waals surface area contributed by atoms with E-state index in [2.05, 4.69) is 4.72 Å². The Morgan fingerprint density at radius 1 is 1.55 bits per heavy atom. The molecule has 0 aliphatic carbocycles. The number of amides is 1. The Kier molecular flexibility index (Phi) is 3.57. The number of aryl methyl sites for hydroxylation is 1. The van der Waals surface area contributed by atoms with E-state index in [4.69, 9.17) is 9.52 Å². The molecule has 1 aromatic heterocycles. The van der Waals surface area contributed by atoms with Gasteiger partial charge in [0, 0.05) is 19.7 Å². The first-order chi connectivity index (χ1) is 9.22. The molecule has 1 aromatic rings. The quantitative estimate of drug-likeness (QED) is 0.795. The van der Waals surface area contributed by atoms with Crippen LogP contribution in [0.2, 0.25) is 0 Å². The zero-order chi connectivity index (χ0) is 15.1. The lowest BCUT2D eigenvalue weighted by Crippen LogP contribution is -2.40. The lowest BCUT2D eigenvalue weighted by Gasteiger charge is -2.12. The number of carboxylic acid groups (broad SMARTS) is 1. The van der Waals surface area contributed by atoms with E-state index in [9.17, 15) is 18.0 Å². The van der Waals surface area contributed by atoms with Crippen LogP contribution < -0.4 is 4.72 Å². The van der Waals surface area contributed by atoms with Gasteiger partial charge >= 0.3 is 5.97 Å². The number of nitrogens with zero attached hydrogens (tertiary/aromatic N) is 1. The maximum Gasteiger partial charge on any atom is 0.371 e. The Bertz CT molecular complexity index is 662. The van der Waals surface area contributed by atoms with Gasteiger partial charge in [-0.05, 0) is 13.3 Å². The largest absolute Gasteiger partial charge is 0.475 e. The highest BCUT2D eigenvalue weighted by atomic mass is 32.2. The summed E-state index contributed by atoms with van der Waals surface area (Å²) < 4.78 is 31.5. The van der Waals surface area contributed by atoms with Gasteiger partial charge in [0.05, 0.1) is 0 Å². The molecule has 1 unspecified atom stereocenters. The van der Waals surface area contributed by atoms with Crippen molar-refractivity contribution >= 4 is 21.9 Å². The minimum Gasteiger partial charge on any atom is -0.475 e. The Morgan fingerprint density at radius 2 is 2.20 bits per heavy atom. The van der Waals surface area contributed by atoms with Crippen LogP contribution in [0.4, 0.5) is 0 Å². The third-order valence-electron chi connectivity index (χ3n) is 3.10. The summed E-state index contributed by atoms with van der Waals surface area (Å²) in [5.41, 5.74) is 0. The van der Waals surface area contributed by atoms with E-state index in [0.29, 0.717) is 13.0 Å². The predicted molar refractivity (Wildman–Crippen MR) is 66.8 cm³/mol. The van der Waals surface area contributed by atoms with Gasteiger partial charge in [-0.3, -0.25) is 4.79 Å². The zero-order valence-electron chi connectivity index (χ0n) is 10.9. The number of hydrogen-bond donors (Lipinski definition) is 2. The summed E-state index contributed by atoms with van der Waals surface area (Å²) in [4.78, 5) is 23.6. The normalized spacial score (nSPS) is 19.6. The van der Waals surface area contributed by atoms with Crippen LogP contribution in [0.15, 0.2) is 15.4 Å². The highest BCUT2D eigenvalue weighted by Crippen LogP contribution is 2.21. The van der Waals surface area contributed by atoms with Crippen LogP contribution in [0.5, 0.6) is 0 Å². The highest BCUT2D eigenvalue weighted by molar-refractivity contribution is 7.89. The van der Waals surface area contributed by atoms with Crippen LogP contribution in [0.1, 0.15) is 22.7 Å². The maximum atomic E-state index is 12.2. The minimum atomic E-state index is -4.00. The molecule has 0 radical (unpaired) electrons. The average molecular weight is 302 g/mol. The number of rotatable bonds is 4. The van der Waals surface area contributed by atoms with Gasteiger partial charge in [-0.25, -0.2) is 13.2 Å². The number of nitrogens with one attached hydrogen (secondary N) is 1. The molecular formula is C11H14N2O6S. The van der Waals surface area contributed by atoms with Crippen molar-refractivity contribution in [3.8, 4) is 0 Å². The number of hydrogen-bond acceptors (Lipinski definition) is 5. The molecule has 1 fully saturated rings. The minimum absolute atomic E-state index is 0.0336. The van der Waals surface area contributed by atoms with Crippen LogP contribution in [-0.4, -0.2) is 49.9 Å². The van der Waals surface area contributed by atoms with Crippen LogP contribution in [0.3, 0.4) is 0 Å². The molecule has 9 heteroatoms. The molecule has 1 atom stereocenters. The van der Waals surface area contributed by atoms with Gasteiger partial charge in [-0.1, -0.05) is 0 Å². The van der Waals surface area contributed by atoms with Gasteiger partial charge in [0.1, 0.15) is 16.7 Å². The number of aromatic carboxylic acids is 1. The van der Waals surface area contributed by atoms with Gasteiger partial charge in [0.2, 0.25) is 21.7 Å². The Hall–Kier alpha value is -1.87. The summed E-state index contributed by atoms with van der Waals surface area (Å²) in [6.07, 6.45) is 0.372. The van der Waals surface area contributed by atoms with Crippen molar-refractivity contribution in [3.05, 3.63) is 17.6 Å². The number of sulfonamides is 1. The summed E-state index contributed by atoms with van der Waals surface area (Å²) in [7, 11) is -2.41. The fourth-order valence-electron chi connectivity index (χ4n) is 2.02. The molecule has 0 bridgehead atoms. The zero-order valence-corrected chi connectivity index (χ0v) is 11.7. The molecule has 2 N–H and O–H groups in total. The van der Waals surface area contributed by atoms with E-state index in [1.165, 1.54) is 11.8 Å². The predicted octanol–water partition coefficient (Wildman–Crippen LogP) is -0.205. The molecule has 0 saturated carbocycles. The standard InChI is InChI=1S/C11H14N2O6S/c1-6-9(5-8(19-6)11(15)16)20(17,18)12-7-3-4-13(2)10(7)14/h5,7,12H,3-4H2,1-2H3,(H,15,16). The van der Waals surface area contributed by atoms with Gasteiger partial charge < -0.3 is 14.4 Å². The van der Waals surface area contributed by atoms with Gasteiger partial charge in [-0.2, -0.15) is 4.72 Å². The Balaban J connectivity index is 2.27. The van der Waals surface area contributed by atoms with E-state index in [1.807, 2.05) is 0 Å². The second-order valence-electron chi connectivity index (χ2n) is 4.56. The molecule has 1 aliphatic heterocycles. The second-order valence-corrected chi connectivity index (χ2v) is 6.24. The fourth-order valence-corrected chi connectivity index (χ4v) is 3.42. The van der Waals surface area contributed by atoms with Crippen LogP contribution in [-0.2, 0) is 14.8 Å². The lowest BCUT2D eigenvalue weighted by molar-refractivity contribution is -0.127. The lowest BCUT2D eigenvalue weighted by atomic mass is 10.3. The van der Waals surface area contributed by atoms with E-state index in [0.717, 1.165) is 6.07 Å².